The Hall–Kier alpha value is -2.02. The number of rotatable bonds is 10. The highest BCUT2D eigenvalue weighted by molar-refractivity contribution is 5.25. The van der Waals surface area contributed by atoms with Crippen LogP contribution in [-0.4, -0.2) is 32.6 Å². The molecule has 1 aromatic heterocycles. The summed E-state index contributed by atoms with van der Waals surface area (Å²) >= 11 is 0. The molecule has 5 nitrogen and oxygen atoms in total. The Balaban J connectivity index is 1.73. The second kappa shape index (κ2) is 9.78. The molecule has 1 N–H and O–H groups in total. The summed E-state index contributed by atoms with van der Waals surface area (Å²) in [5.41, 5.74) is -0.256. The van der Waals surface area contributed by atoms with Gasteiger partial charge in [-0.15, -0.1) is 0 Å². The summed E-state index contributed by atoms with van der Waals surface area (Å²) < 4.78 is 33.9. The maximum Gasteiger partial charge on any atom is 0.190 e. The zero-order chi connectivity index (χ0) is 19.9. The number of unbranched alkanes of at least 4 members (excludes halogenated alkanes) is 3. The third-order valence-electron chi connectivity index (χ3n) is 4.59. The maximum absolute atomic E-state index is 13.5. The molecule has 0 saturated carbocycles. The van der Waals surface area contributed by atoms with Gasteiger partial charge in [-0.2, -0.15) is 5.10 Å². The number of aliphatic hydroxyl groups is 1. The van der Waals surface area contributed by atoms with Crippen molar-refractivity contribution in [2.45, 2.75) is 65.0 Å². The van der Waals surface area contributed by atoms with E-state index in [0.29, 0.717) is 6.42 Å². The van der Waals surface area contributed by atoms with E-state index in [9.17, 15) is 13.9 Å². The zero-order valence-electron chi connectivity index (χ0n) is 16.2. The Morgan fingerprint density at radius 1 is 1.11 bits per heavy atom. The van der Waals surface area contributed by atoms with E-state index in [1.54, 1.807) is 11.0 Å². The number of aromatic nitrogens is 3. The normalized spacial score (nSPS) is 14.1. The monoisotopic (exact) mass is 381 g/mol. The standard InChI is InChI=1S/C20H29F2N3O2/c1-20(2,3)19(26)17(25-14-23-13-24-25)11-6-4-5-7-12-27-18-15(21)9-8-10-16(18)22/h8-10,13-14,17,19,26H,4-7,11-12H2,1-3H3. The van der Waals surface area contributed by atoms with Gasteiger partial charge in [0, 0.05) is 0 Å². The van der Waals surface area contributed by atoms with E-state index in [1.807, 2.05) is 20.8 Å². The summed E-state index contributed by atoms with van der Waals surface area (Å²) in [5, 5.41) is 14.8. The molecule has 0 aliphatic carbocycles. The molecule has 0 saturated heterocycles. The third kappa shape index (κ3) is 6.27. The average Bonchev–Trinajstić information content (AvgIpc) is 3.12. The van der Waals surface area contributed by atoms with E-state index < -0.39 is 17.7 Å². The minimum atomic E-state index is -0.679. The Bertz CT molecular complexity index is 667. The lowest BCUT2D eigenvalue weighted by Crippen LogP contribution is -2.35. The molecular formula is C20H29F2N3O2. The van der Waals surface area contributed by atoms with Gasteiger partial charge in [-0.1, -0.05) is 46.1 Å². The van der Waals surface area contributed by atoms with Gasteiger partial charge in [0.1, 0.15) is 12.7 Å². The van der Waals surface area contributed by atoms with Crippen LogP contribution in [0.3, 0.4) is 0 Å². The molecule has 0 aliphatic heterocycles. The first-order chi connectivity index (χ1) is 12.8. The molecule has 1 aromatic carbocycles. The molecule has 27 heavy (non-hydrogen) atoms. The Labute approximate surface area is 159 Å². The smallest absolute Gasteiger partial charge is 0.190 e. The predicted octanol–water partition coefficient (Wildman–Crippen LogP) is 4.53. The largest absolute Gasteiger partial charge is 0.488 e. The van der Waals surface area contributed by atoms with Crippen LogP contribution in [-0.2, 0) is 0 Å². The highest BCUT2D eigenvalue weighted by atomic mass is 19.1. The lowest BCUT2D eigenvalue weighted by Gasteiger charge is -2.33. The number of benzene rings is 1. The third-order valence-corrected chi connectivity index (χ3v) is 4.59. The summed E-state index contributed by atoms with van der Waals surface area (Å²) in [7, 11) is 0. The SMILES string of the molecule is CC(C)(C)C(O)C(CCCCCCOc1c(F)cccc1F)n1cncn1. The summed E-state index contributed by atoms with van der Waals surface area (Å²) in [4.78, 5) is 3.98. The van der Waals surface area contributed by atoms with Crippen LogP contribution in [0.4, 0.5) is 8.78 Å². The van der Waals surface area contributed by atoms with Crippen molar-refractivity contribution in [1.82, 2.24) is 14.8 Å². The van der Waals surface area contributed by atoms with E-state index in [4.69, 9.17) is 4.74 Å². The van der Waals surface area contributed by atoms with E-state index in [-0.39, 0.29) is 23.8 Å². The van der Waals surface area contributed by atoms with Crippen LogP contribution in [0.15, 0.2) is 30.9 Å². The second-order valence-electron chi connectivity index (χ2n) is 7.86. The van der Waals surface area contributed by atoms with Crippen molar-refractivity contribution in [3.63, 3.8) is 0 Å². The molecule has 2 aromatic rings. The summed E-state index contributed by atoms with van der Waals surface area (Å²) in [5.74, 6) is -1.67. The van der Waals surface area contributed by atoms with Crippen LogP contribution in [0.25, 0.3) is 0 Å². The van der Waals surface area contributed by atoms with Crippen molar-refractivity contribution in [2.75, 3.05) is 6.61 Å². The summed E-state index contributed by atoms with van der Waals surface area (Å²) in [6, 6.07) is 3.55. The van der Waals surface area contributed by atoms with Crippen molar-refractivity contribution >= 4 is 0 Å². The molecule has 1 heterocycles. The Kier molecular flexibility index (Phi) is 7.71. The second-order valence-corrected chi connectivity index (χ2v) is 7.86. The summed E-state index contributed by atoms with van der Waals surface area (Å²) in [6.45, 7) is 6.28. The predicted molar refractivity (Wildman–Crippen MR) is 99.5 cm³/mol. The summed E-state index contributed by atoms with van der Waals surface area (Å²) in [6.07, 6.45) is 6.79. The fraction of sp³-hybridized carbons (Fsp3) is 0.600. The van der Waals surface area contributed by atoms with Crippen molar-refractivity contribution in [3.8, 4) is 5.75 Å². The van der Waals surface area contributed by atoms with E-state index >= 15 is 0 Å². The number of hydrogen-bond donors (Lipinski definition) is 1. The highest BCUT2D eigenvalue weighted by Crippen LogP contribution is 2.31. The molecule has 2 rings (SSSR count). The van der Waals surface area contributed by atoms with E-state index in [1.165, 1.54) is 24.5 Å². The first-order valence-electron chi connectivity index (χ1n) is 9.39. The molecule has 150 valence electrons. The van der Waals surface area contributed by atoms with Gasteiger partial charge in [0.05, 0.1) is 18.8 Å². The minimum absolute atomic E-state index is 0.128. The first kappa shape index (κ1) is 21.3. The molecule has 2 atom stereocenters. The van der Waals surface area contributed by atoms with Crippen molar-refractivity contribution in [2.24, 2.45) is 5.41 Å². The fourth-order valence-electron chi connectivity index (χ4n) is 3.00. The van der Waals surface area contributed by atoms with Crippen LogP contribution in [0.1, 0.15) is 58.9 Å². The van der Waals surface area contributed by atoms with Crippen LogP contribution >= 0.6 is 0 Å². The van der Waals surface area contributed by atoms with Crippen LogP contribution in [0, 0.1) is 17.0 Å². The van der Waals surface area contributed by atoms with Gasteiger partial charge in [-0.05, 0) is 30.4 Å². The Morgan fingerprint density at radius 3 is 2.37 bits per heavy atom. The van der Waals surface area contributed by atoms with Gasteiger partial charge in [-0.3, -0.25) is 0 Å². The number of nitrogens with zero attached hydrogens (tertiary/aromatic N) is 3. The number of halogens is 2. The molecule has 0 bridgehead atoms. The molecule has 0 amide bonds. The first-order valence-corrected chi connectivity index (χ1v) is 9.39. The molecule has 2 unspecified atom stereocenters. The average molecular weight is 381 g/mol. The molecule has 7 heteroatoms. The lowest BCUT2D eigenvalue weighted by atomic mass is 9.83. The lowest BCUT2D eigenvalue weighted by molar-refractivity contribution is 0.00843. The van der Waals surface area contributed by atoms with Gasteiger partial charge in [0.25, 0.3) is 0 Å². The number of para-hydroxylation sites is 1. The Morgan fingerprint density at radius 2 is 1.78 bits per heavy atom. The van der Waals surface area contributed by atoms with Crippen LogP contribution < -0.4 is 4.74 Å². The number of ether oxygens (including phenoxy) is 1. The van der Waals surface area contributed by atoms with Gasteiger partial charge in [0.2, 0.25) is 0 Å². The molecule has 0 radical (unpaired) electrons. The van der Waals surface area contributed by atoms with Crippen molar-refractivity contribution < 1.29 is 18.6 Å². The van der Waals surface area contributed by atoms with Gasteiger partial charge < -0.3 is 9.84 Å². The highest BCUT2D eigenvalue weighted by Gasteiger charge is 2.31. The van der Waals surface area contributed by atoms with Gasteiger partial charge >= 0.3 is 0 Å². The van der Waals surface area contributed by atoms with E-state index in [2.05, 4.69) is 10.1 Å². The maximum atomic E-state index is 13.5. The quantitative estimate of drug-likeness (QED) is 0.614. The van der Waals surface area contributed by atoms with Gasteiger partial charge in [-0.25, -0.2) is 18.4 Å². The van der Waals surface area contributed by atoms with Crippen molar-refractivity contribution in [1.29, 1.82) is 0 Å². The zero-order valence-corrected chi connectivity index (χ0v) is 16.2. The minimum Gasteiger partial charge on any atom is -0.488 e. The number of aliphatic hydroxyl groups excluding tert-OH is 1. The van der Waals surface area contributed by atoms with Crippen LogP contribution in [0.5, 0.6) is 5.75 Å². The van der Waals surface area contributed by atoms with Crippen LogP contribution in [0.2, 0.25) is 0 Å². The molecule has 0 spiro atoms. The fourth-order valence-corrected chi connectivity index (χ4v) is 3.00. The topological polar surface area (TPSA) is 60.2 Å². The molecule has 0 fully saturated rings. The molecular weight excluding hydrogens is 352 g/mol. The van der Waals surface area contributed by atoms with E-state index in [0.717, 1.165) is 25.7 Å². The number of hydrogen-bond acceptors (Lipinski definition) is 4. The van der Waals surface area contributed by atoms with Crippen molar-refractivity contribution in [3.05, 3.63) is 42.5 Å². The van der Waals surface area contributed by atoms with Gasteiger partial charge in [0.15, 0.2) is 17.4 Å². The molecule has 0 aliphatic rings.